The topological polar surface area (TPSA) is 104 Å². The first kappa shape index (κ1) is 9.34. The maximum Gasteiger partial charge on any atom is 0.325 e. The maximum absolute atomic E-state index is 10.4. The van der Waals surface area contributed by atoms with Crippen molar-refractivity contribution in [3.63, 3.8) is 0 Å². The molecule has 0 spiro atoms. The molecule has 0 aliphatic carbocycles. The number of phenols is 2. The van der Waals surface area contributed by atoms with Gasteiger partial charge in [0.2, 0.25) is 0 Å². The average Bonchev–Trinajstić information content (AvgIpc) is 2.08. The summed E-state index contributed by atoms with van der Waals surface area (Å²) in [4.78, 5) is 10.4. The fraction of sp³-hybridized carbons (Fsp3) is 0.125. The number of aromatic hydroxyl groups is 2. The van der Waals surface area contributed by atoms with Crippen LogP contribution in [0.25, 0.3) is 0 Å². The summed E-state index contributed by atoms with van der Waals surface area (Å²) in [6, 6.07) is 2.46. The lowest BCUT2D eigenvalue weighted by atomic mass is 10.1. The zero-order chi connectivity index (χ0) is 10.0. The maximum atomic E-state index is 10.4. The Morgan fingerprint density at radius 2 is 1.92 bits per heavy atom. The first-order chi connectivity index (χ1) is 6.02. The molecule has 5 N–H and O–H groups in total. The SMILES string of the molecule is N[C@@H](C(=O)O)c1ccc(O)c(O)c1. The molecule has 0 radical (unpaired) electrons. The molecule has 0 fully saturated rings. The molecule has 13 heavy (non-hydrogen) atoms. The highest BCUT2D eigenvalue weighted by atomic mass is 16.4. The number of nitrogens with two attached hydrogens (primary N) is 1. The molecule has 0 aliphatic heterocycles. The first-order valence-corrected chi connectivity index (χ1v) is 3.52. The molecule has 5 heteroatoms. The zero-order valence-corrected chi connectivity index (χ0v) is 6.64. The summed E-state index contributed by atoms with van der Waals surface area (Å²) in [5.74, 6) is -1.87. The zero-order valence-electron chi connectivity index (χ0n) is 6.64. The van der Waals surface area contributed by atoms with Crippen LogP contribution in [0, 0.1) is 0 Å². The normalized spacial score (nSPS) is 12.4. The van der Waals surface area contributed by atoms with Crippen LogP contribution in [0.1, 0.15) is 11.6 Å². The quantitative estimate of drug-likeness (QED) is 0.490. The monoisotopic (exact) mass is 183 g/mol. The van der Waals surface area contributed by atoms with Gasteiger partial charge >= 0.3 is 5.97 Å². The number of phenolic OH excluding ortho intramolecular Hbond substituents is 2. The van der Waals surface area contributed by atoms with E-state index in [0.29, 0.717) is 0 Å². The van der Waals surface area contributed by atoms with Gasteiger partial charge in [-0.1, -0.05) is 6.07 Å². The Hall–Kier alpha value is -1.75. The molecule has 0 saturated heterocycles. The predicted octanol–water partition coefficient (Wildman–Crippen LogP) is 0.182. The van der Waals surface area contributed by atoms with E-state index in [0.717, 1.165) is 6.07 Å². The van der Waals surface area contributed by atoms with Gasteiger partial charge in [0.15, 0.2) is 11.5 Å². The fourth-order valence-corrected chi connectivity index (χ4v) is 0.876. The van der Waals surface area contributed by atoms with Crippen LogP contribution in [-0.4, -0.2) is 21.3 Å². The van der Waals surface area contributed by atoms with Crippen molar-refractivity contribution in [3.05, 3.63) is 23.8 Å². The smallest absolute Gasteiger partial charge is 0.325 e. The van der Waals surface area contributed by atoms with E-state index in [9.17, 15) is 4.79 Å². The Balaban J connectivity index is 3.03. The molecular weight excluding hydrogens is 174 g/mol. The van der Waals surface area contributed by atoms with Crippen LogP contribution < -0.4 is 5.73 Å². The molecule has 5 nitrogen and oxygen atoms in total. The highest BCUT2D eigenvalue weighted by Crippen LogP contribution is 2.26. The van der Waals surface area contributed by atoms with Gasteiger partial charge < -0.3 is 21.1 Å². The molecule has 0 amide bonds. The minimum atomic E-state index is -1.19. The molecule has 0 aromatic heterocycles. The fourth-order valence-electron chi connectivity index (χ4n) is 0.876. The lowest BCUT2D eigenvalue weighted by Gasteiger charge is -2.07. The van der Waals surface area contributed by atoms with E-state index in [-0.39, 0.29) is 17.1 Å². The number of carboxylic acids is 1. The standard InChI is InChI=1S/C8H9NO4/c9-7(8(12)13)4-1-2-5(10)6(11)3-4/h1-3,7,10-11H,9H2,(H,12,13)/t7-/m1/s1. The molecule has 1 rings (SSSR count). The van der Waals surface area contributed by atoms with Crippen molar-refractivity contribution in [3.8, 4) is 11.5 Å². The number of carbonyl (C=O) groups is 1. The van der Waals surface area contributed by atoms with Crippen LogP contribution in [0.3, 0.4) is 0 Å². The molecule has 0 saturated carbocycles. The van der Waals surface area contributed by atoms with Crippen molar-refractivity contribution in [2.75, 3.05) is 0 Å². The molecule has 0 heterocycles. The minimum absolute atomic E-state index is 0.239. The Morgan fingerprint density at radius 3 is 2.38 bits per heavy atom. The van der Waals surface area contributed by atoms with Gasteiger partial charge in [-0.2, -0.15) is 0 Å². The molecule has 70 valence electrons. The van der Waals surface area contributed by atoms with Crippen LogP contribution in [0.5, 0.6) is 11.5 Å². The summed E-state index contributed by atoms with van der Waals surface area (Å²) >= 11 is 0. The molecule has 0 bridgehead atoms. The third-order valence-electron chi connectivity index (χ3n) is 1.62. The van der Waals surface area contributed by atoms with E-state index in [1.807, 2.05) is 0 Å². The second-order valence-electron chi connectivity index (χ2n) is 2.56. The van der Waals surface area contributed by atoms with E-state index in [1.54, 1.807) is 0 Å². The van der Waals surface area contributed by atoms with Crippen molar-refractivity contribution in [2.24, 2.45) is 5.73 Å². The molecule has 0 aliphatic rings. The van der Waals surface area contributed by atoms with Gasteiger partial charge in [0.05, 0.1) is 0 Å². The Bertz CT molecular complexity index is 337. The van der Waals surface area contributed by atoms with E-state index in [4.69, 9.17) is 21.1 Å². The largest absolute Gasteiger partial charge is 0.504 e. The van der Waals surface area contributed by atoms with Crippen LogP contribution in [0.15, 0.2) is 18.2 Å². The van der Waals surface area contributed by atoms with Crippen molar-refractivity contribution < 1.29 is 20.1 Å². The number of rotatable bonds is 2. The van der Waals surface area contributed by atoms with Gasteiger partial charge in [0, 0.05) is 0 Å². The van der Waals surface area contributed by atoms with E-state index in [2.05, 4.69) is 0 Å². The second kappa shape index (κ2) is 3.32. The summed E-state index contributed by atoms with van der Waals surface area (Å²) in [5.41, 5.74) is 5.50. The summed E-state index contributed by atoms with van der Waals surface area (Å²) in [6.45, 7) is 0. The highest BCUT2D eigenvalue weighted by molar-refractivity contribution is 5.75. The third-order valence-corrected chi connectivity index (χ3v) is 1.62. The highest BCUT2D eigenvalue weighted by Gasteiger charge is 2.15. The molecular formula is C8H9NO4. The van der Waals surface area contributed by atoms with Crippen molar-refractivity contribution in [1.29, 1.82) is 0 Å². The van der Waals surface area contributed by atoms with E-state index >= 15 is 0 Å². The number of benzene rings is 1. The number of hydrogen-bond acceptors (Lipinski definition) is 4. The van der Waals surface area contributed by atoms with Crippen LogP contribution in [-0.2, 0) is 4.79 Å². The molecule has 1 aromatic carbocycles. The minimum Gasteiger partial charge on any atom is -0.504 e. The summed E-state index contributed by atoms with van der Waals surface area (Å²) in [5, 5.41) is 26.5. The van der Waals surface area contributed by atoms with E-state index in [1.165, 1.54) is 12.1 Å². The Kier molecular flexibility index (Phi) is 2.39. The summed E-state index contributed by atoms with van der Waals surface area (Å²) in [6.07, 6.45) is 0. The Labute approximate surface area is 74.0 Å². The van der Waals surface area contributed by atoms with Gasteiger partial charge in [0.25, 0.3) is 0 Å². The van der Waals surface area contributed by atoms with Crippen molar-refractivity contribution >= 4 is 5.97 Å². The van der Waals surface area contributed by atoms with Gasteiger partial charge in [-0.05, 0) is 17.7 Å². The van der Waals surface area contributed by atoms with Gasteiger partial charge in [0.1, 0.15) is 6.04 Å². The molecule has 1 aromatic rings. The first-order valence-electron chi connectivity index (χ1n) is 3.52. The van der Waals surface area contributed by atoms with Gasteiger partial charge in [-0.25, -0.2) is 0 Å². The average molecular weight is 183 g/mol. The van der Waals surface area contributed by atoms with E-state index < -0.39 is 12.0 Å². The molecule has 0 unspecified atom stereocenters. The molecule has 1 atom stereocenters. The Morgan fingerprint density at radius 1 is 1.31 bits per heavy atom. The summed E-state index contributed by atoms with van der Waals surface area (Å²) in [7, 11) is 0. The number of carboxylic acid groups (broad SMARTS) is 1. The lowest BCUT2D eigenvalue weighted by molar-refractivity contribution is -0.138. The van der Waals surface area contributed by atoms with Gasteiger partial charge in [-0.15, -0.1) is 0 Å². The second-order valence-corrected chi connectivity index (χ2v) is 2.56. The van der Waals surface area contributed by atoms with Crippen molar-refractivity contribution in [2.45, 2.75) is 6.04 Å². The number of aliphatic carboxylic acids is 1. The summed E-state index contributed by atoms with van der Waals surface area (Å²) < 4.78 is 0. The predicted molar refractivity (Wildman–Crippen MR) is 44.3 cm³/mol. The van der Waals surface area contributed by atoms with Crippen LogP contribution in [0.2, 0.25) is 0 Å². The van der Waals surface area contributed by atoms with Gasteiger partial charge in [-0.3, -0.25) is 4.79 Å². The lowest BCUT2D eigenvalue weighted by Crippen LogP contribution is -2.20. The van der Waals surface area contributed by atoms with Crippen molar-refractivity contribution in [1.82, 2.24) is 0 Å². The third kappa shape index (κ3) is 1.88. The van der Waals surface area contributed by atoms with Crippen LogP contribution in [0.4, 0.5) is 0 Å². The number of hydrogen-bond donors (Lipinski definition) is 4. The van der Waals surface area contributed by atoms with Crippen LogP contribution >= 0.6 is 0 Å².